The van der Waals surface area contributed by atoms with E-state index < -0.39 is 0 Å². The molecule has 0 bridgehead atoms. The summed E-state index contributed by atoms with van der Waals surface area (Å²) in [6, 6.07) is 6.14. The fourth-order valence-corrected chi connectivity index (χ4v) is 3.73. The van der Waals surface area contributed by atoms with Crippen molar-refractivity contribution in [3.05, 3.63) is 23.2 Å². The van der Waals surface area contributed by atoms with E-state index in [0.717, 1.165) is 61.4 Å². The summed E-state index contributed by atoms with van der Waals surface area (Å²) in [7, 11) is 1.70. The molecule has 2 rings (SSSR count). The van der Waals surface area contributed by atoms with Crippen molar-refractivity contribution in [3.63, 3.8) is 0 Å². The van der Waals surface area contributed by atoms with Crippen LogP contribution in [0.15, 0.2) is 23.2 Å². The lowest BCUT2D eigenvalue weighted by Crippen LogP contribution is -2.44. The largest absolute Gasteiger partial charge is 0.495 e. The number of benzene rings is 1. The van der Waals surface area contributed by atoms with Gasteiger partial charge in [-0.15, -0.1) is 24.0 Å². The Hall–Kier alpha value is -0.540. The van der Waals surface area contributed by atoms with Crippen molar-refractivity contribution in [1.82, 2.24) is 10.6 Å². The average Bonchev–Trinajstić information content (AvgIpc) is 3.10. The van der Waals surface area contributed by atoms with Gasteiger partial charge in [0.1, 0.15) is 5.75 Å². The number of aliphatic imine (C=N–C) groups is 1. The molecular formula is C19H32ClIN4OS. The molecule has 1 aliphatic heterocycles. The second-order valence-corrected chi connectivity index (χ2v) is 7.77. The highest BCUT2D eigenvalue weighted by Crippen LogP contribution is 2.33. The molecule has 0 amide bonds. The maximum atomic E-state index is 6.18. The molecule has 1 atom stereocenters. The lowest BCUT2D eigenvalue weighted by Gasteiger charge is -2.22. The molecule has 27 heavy (non-hydrogen) atoms. The number of hydrogen-bond acceptors (Lipinski definition) is 4. The van der Waals surface area contributed by atoms with E-state index >= 15 is 0 Å². The molecule has 0 radical (unpaired) electrons. The van der Waals surface area contributed by atoms with Crippen molar-refractivity contribution in [2.24, 2.45) is 4.99 Å². The number of guanidine groups is 1. The van der Waals surface area contributed by atoms with E-state index in [1.165, 1.54) is 12.2 Å². The zero-order valence-electron chi connectivity index (χ0n) is 16.5. The zero-order valence-corrected chi connectivity index (χ0v) is 20.4. The number of nitrogens with zero attached hydrogens (tertiary/aromatic N) is 2. The van der Waals surface area contributed by atoms with Crippen LogP contribution in [0.5, 0.6) is 5.75 Å². The van der Waals surface area contributed by atoms with Crippen LogP contribution >= 0.6 is 47.3 Å². The van der Waals surface area contributed by atoms with E-state index in [1.54, 1.807) is 7.11 Å². The van der Waals surface area contributed by atoms with Gasteiger partial charge in [0.15, 0.2) is 5.96 Å². The Labute approximate surface area is 190 Å². The number of nitrogens with one attached hydrogen (secondary N) is 2. The molecule has 0 spiro atoms. The number of unbranched alkanes of at least 4 members (excludes halogenated alkanes) is 1. The molecule has 1 unspecified atom stereocenters. The van der Waals surface area contributed by atoms with Crippen molar-refractivity contribution in [2.45, 2.75) is 32.2 Å². The fraction of sp³-hybridized carbons (Fsp3) is 0.632. The van der Waals surface area contributed by atoms with Crippen LogP contribution in [0.4, 0.5) is 5.69 Å². The SMILES string of the molecule is CCNC(=NCCCCSC)NC1CCN(c2cc(Cl)ccc2OC)C1.I. The first-order valence-corrected chi connectivity index (χ1v) is 11.1. The molecule has 0 saturated carbocycles. The summed E-state index contributed by atoms with van der Waals surface area (Å²) in [4.78, 5) is 7.04. The van der Waals surface area contributed by atoms with E-state index in [0.29, 0.717) is 6.04 Å². The van der Waals surface area contributed by atoms with Gasteiger partial charge in [0.25, 0.3) is 0 Å². The van der Waals surface area contributed by atoms with Crippen LogP contribution < -0.4 is 20.3 Å². The normalized spacial score (nSPS) is 16.8. The molecule has 1 fully saturated rings. The van der Waals surface area contributed by atoms with E-state index in [1.807, 2.05) is 30.0 Å². The second-order valence-electron chi connectivity index (χ2n) is 6.35. The maximum Gasteiger partial charge on any atom is 0.191 e. The third-order valence-corrected chi connectivity index (χ3v) is 5.31. The molecule has 154 valence electrons. The first kappa shape index (κ1) is 24.5. The van der Waals surface area contributed by atoms with Crippen molar-refractivity contribution >= 4 is 59.0 Å². The van der Waals surface area contributed by atoms with Crippen LogP contribution in [0.1, 0.15) is 26.2 Å². The Morgan fingerprint density at radius 3 is 2.93 bits per heavy atom. The van der Waals surface area contributed by atoms with Crippen LogP contribution in [0.25, 0.3) is 0 Å². The quantitative estimate of drug-likeness (QED) is 0.218. The summed E-state index contributed by atoms with van der Waals surface area (Å²) in [5.41, 5.74) is 1.06. The minimum atomic E-state index is 0. The van der Waals surface area contributed by atoms with E-state index in [4.69, 9.17) is 21.3 Å². The first-order chi connectivity index (χ1) is 12.7. The van der Waals surface area contributed by atoms with Gasteiger partial charge in [0.2, 0.25) is 0 Å². The molecule has 8 heteroatoms. The minimum absolute atomic E-state index is 0. The topological polar surface area (TPSA) is 48.9 Å². The van der Waals surface area contributed by atoms with Gasteiger partial charge in [-0.05, 0) is 56.4 Å². The molecule has 1 heterocycles. The Bertz CT molecular complexity index is 591. The number of methoxy groups -OCH3 is 1. The van der Waals surface area contributed by atoms with Gasteiger partial charge in [-0.3, -0.25) is 4.99 Å². The highest BCUT2D eigenvalue weighted by molar-refractivity contribution is 14.0. The molecule has 1 aliphatic rings. The number of thioether (sulfide) groups is 1. The standard InChI is InChI=1S/C19H31ClN4OS.HI/c1-4-21-19(22-10-5-6-12-26-3)23-16-9-11-24(14-16)17-13-15(20)7-8-18(17)25-2;/h7-8,13,16H,4-6,9-12,14H2,1-3H3,(H2,21,22,23);1H. The first-order valence-electron chi connectivity index (χ1n) is 9.30. The highest BCUT2D eigenvalue weighted by atomic mass is 127. The predicted molar refractivity (Wildman–Crippen MR) is 131 cm³/mol. The van der Waals surface area contributed by atoms with Gasteiger partial charge < -0.3 is 20.3 Å². The van der Waals surface area contributed by atoms with Crippen molar-refractivity contribution < 1.29 is 4.74 Å². The molecule has 2 N–H and O–H groups in total. The average molecular weight is 527 g/mol. The van der Waals surface area contributed by atoms with E-state index in [-0.39, 0.29) is 24.0 Å². The molecule has 0 aromatic heterocycles. The lowest BCUT2D eigenvalue weighted by molar-refractivity contribution is 0.415. The number of halogens is 2. The monoisotopic (exact) mass is 526 g/mol. The van der Waals surface area contributed by atoms with Gasteiger partial charge in [-0.25, -0.2) is 0 Å². The van der Waals surface area contributed by atoms with Gasteiger partial charge in [-0.2, -0.15) is 11.8 Å². The molecule has 5 nitrogen and oxygen atoms in total. The van der Waals surface area contributed by atoms with Gasteiger partial charge >= 0.3 is 0 Å². The summed E-state index contributed by atoms with van der Waals surface area (Å²) in [5, 5.41) is 7.67. The van der Waals surface area contributed by atoms with Crippen molar-refractivity contribution in [1.29, 1.82) is 0 Å². The molecule has 1 aromatic rings. The van der Waals surface area contributed by atoms with Crippen LogP contribution in [0, 0.1) is 0 Å². The fourth-order valence-electron chi connectivity index (χ4n) is 3.07. The van der Waals surface area contributed by atoms with Crippen LogP contribution in [0.3, 0.4) is 0 Å². The Balaban J connectivity index is 0.00000364. The van der Waals surface area contributed by atoms with Crippen LogP contribution in [0.2, 0.25) is 5.02 Å². The predicted octanol–water partition coefficient (Wildman–Crippen LogP) is 4.24. The van der Waals surface area contributed by atoms with Crippen molar-refractivity contribution in [3.8, 4) is 5.75 Å². The third-order valence-electron chi connectivity index (χ3n) is 4.38. The number of ether oxygens (including phenoxy) is 1. The smallest absolute Gasteiger partial charge is 0.191 e. The minimum Gasteiger partial charge on any atom is -0.495 e. The summed E-state index contributed by atoms with van der Waals surface area (Å²) < 4.78 is 5.49. The summed E-state index contributed by atoms with van der Waals surface area (Å²) >= 11 is 8.07. The van der Waals surface area contributed by atoms with Gasteiger partial charge in [0, 0.05) is 37.2 Å². The Kier molecular flexibility index (Phi) is 12.3. The second kappa shape index (κ2) is 13.6. The third kappa shape index (κ3) is 8.15. The lowest BCUT2D eigenvalue weighted by atomic mass is 10.2. The molecule has 1 saturated heterocycles. The number of rotatable bonds is 9. The van der Waals surface area contributed by atoms with Gasteiger partial charge in [0.05, 0.1) is 12.8 Å². The van der Waals surface area contributed by atoms with Gasteiger partial charge in [-0.1, -0.05) is 11.6 Å². The Morgan fingerprint density at radius 2 is 2.22 bits per heavy atom. The molecule has 1 aromatic carbocycles. The van der Waals surface area contributed by atoms with E-state index in [2.05, 4.69) is 28.7 Å². The maximum absolute atomic E-state index is 6.18. The zero-order chi connectivity index (χ0) is 18.8. The van der Waals surface area contributed by atoms with Crippen LogP contribution in [-0.4, -0.2) is 57.3 Å². The summed E-state index contributed by atoms with van der Waals surface area (Å²) in [6.45, 7) is 5.72. The summed E-state index contributed by atoms with van der Waals surface area (Å²) in [5.74, 6) is 2.99. The number of hydrogen-bond donors (Lipinski definition) is 2. The molecular weight excluding hydrogens is 495 g/mol. The van der Waals surface area contributed by atoms with E-state index in [9.17, 15) is 0 Å². The Morgan fingerprint density at radius 1 is 1.41 bits per heavy atom. The van der Waals surface area contributed by atoms with Crippen LogP contribution in [-0.2, 0) is 0 Å². The highest BCUT2D eigenvalue weighted by Gasteiger charge is 2.25. The van der Waals surface area contributed by atoms with Crippen molar-refractivity contribution in [2.75, 3.05) is 50.2 Å². The molecule has 0 aliphatic carbocycles. The summed E-state index contributed by atoms with van der Waals surface area (Å²) in [6.07, 6.45) is 5.56. The number of anilines is 1.